The van der Waals surface area contributed by atoms with Gasteiger partial charge in [0.2, 0.25) is 0 Å². The van der Waals surface area contributed by atoms with Crippen LogP contribution in [0, 0.1) is 5.82 Å². The van der Waals surface area contributed by atoms with Gasteiger partial charge < -0.3 is 14.4 Å². The second kappa shape index (κ2) is 4.65. The summed E-state index contributed by atoms with van der Waals surface area (Å²) in [7, 11) is 0. The van der Waals surface area contributed by atoms with Crippen LogP contribution in [0.25, 0.3) is 0 Å². The molecule has 0 saturated carbocycles. The van der Waals surface area contributed by atoms with E-state index in [4.69, 9.17) is 9.84 Å². The monoisotopic (exact) mass is 237 g/mol. The molecule has 2 aromatic rings. The van der Waals surface area contributed by atoms with Crippen LogP contribution in [-0.4, -0.2) is 16.2 Å². The van der Waals surface area contributed by atoms with Crippen LogP contribution >= 0.6 is 0 Å². The van der Waals surface area contributed by atoms with E-state index in [0.717, 1.165) is 0 Å². The number of rotatable bonds is 4. The molecule has 1 N–H and O–H groups in total. The molecule has 1 heterocycles. The average Bonchev–Trinajstić information content (AvgIpc) is 2.74. The maximum Gasteiger partial charge on any atom is 0.375 e. The van der Waals surface area contributed by atoms with E-state index in [2.05, 4.69) is 9.68 Å². The van der Waals surface area contributed by atoms with Crippen molar-refractivity contribution < 1.29 is 23.6 Å². The highest BCUT2D eigenvalue weighted by Crippen LogP contribution is 2.15. The zero-order chi connectivity index (χ0) is 12.3. The molecule has 0 saturated heterocycles. The lowest BCUT2D eigenvalue weighted by molar-refractivity contribution is 0.0648. The van der Waals surface area contributed by atoms with Gasteiger partial charge in [-0.05, 0) is 12.1 Å². The van der Waals surface area contributed by atoms with Gasteiger partial charge in [0.15, 0.2) is 0 Å². The first-order valence-corrected chi connectivity index (χ1v) is 4.72. The minimum Gasteiger partial charge on any atom is -0.489 e. The van der Waals surface area contributed by atoms with E-state index < -0.39 is 11.8 Å². The van der Waals surface area contributed by atoms with E-state index in [9.17, 15) is 9.18 Å². The third-order valence-corrected chi connectivity index (χ3v) is 2.03. The number of carboxylic acids is 1. The van der Waals surface area contributed by atoms with Crippen LogP contribution in [0.4, 0.5) is 4.39 Å². The van der Waals surface area contributed by atoms with Gasteiger partial charge in [0.05, 0.1) is 11.8 Å². The second-order valence-corrected chi connectivity index (χ2v) is 3.23. The molecule has 17 heavy (non-hydrogen) atoms. The summed E-state index contributed by atoms with van der Waals surface area (Å²) in [5.41, 5.74) is 0.293. The lowest BCUT2D eigenvalue weighted by Crippen LogP contribution is -2.02. The molecule has 1 aromatic carbocycles. The first-order valence-electron chi connectivity index (χ1n) is 4.72. The van der Waals surface area contributed by atoms with Crippen molar-refractivity contribution in [3.63, 3.8) is 0 Å². The number of aromatic nitrogens is 1. The number of aromatic carboxylic acids is 1. The first-order chi connectivity index (χ1) is 8.16. The van der Waals surface area contributed by atoms with E-state index in [1.54, 1.807) is 6.07 Å². The van der Waals surface area contributed by atoms with E-state index >= 15 is 0 Å². The largest absolute Gasteiger partial charge is 0.489 e. The third kappa shape index (κ3) is 2.60. The zero-order valence-corrected chi connectivity index (χ0v) is 8.59. The highest BCUT2D eigenvalue weighted by Gasteiger charge is 2.15. The summed E-state index contributed by atoms with van der Waals surface area (Å²) >= 11 is 0. The standard InChI is InChI=1S/C11H8FNO4/c12-8-2-1-3-9(4-8)16-6-7-5-13-17-10(7)11(14)15/h1-5H,6H2,(H,14,15). The summed E-state index contributed by atoms with van der Waals surface area (Å²) in [6, 6.07) is 5.55. The minimum atomic E-state index is -1.22. The van der Waals surface area contributed by atoms with E-state index in [1.165, 1.54) is 24.4 Å². The summed E-state index contributed by atoms with van der Waals surface area (Å²) in [5, 5.41) is 12.1. The molecule has 6 heteroatoms. The quantitative estimate of drug-likeness (QED) is 0.881. The smallest absolute Gasteiger partial charge is 0.375 e. The van der Waals surface area contributed by atoms with Crippen LogP contribution in [0.3, 0.4) is 0 Å². The molecule has 0 unspecified atom stereocenters. The van der Waals surface area contributed by atoms with Gasteiger partial charge in [-0.1, -0.05) is 11.2 Å². The van der Waals surface area contributed by atoms with Gasteiger partial charge >= 0.3 is 5.97 Å². The van der Waals surface area contributed by atoms with Crippen LogP contribution in [0.2, 0.25) is 0 Å². The van der Waals surface area contributed by atoms with Crippen LogP contribution in [0.1, 0.15) is 16.1 Å². The Balaban J connectivity index is 2.07. The summed E-state index contributed by atoms with van der Waals surface area (Å²) in [5.74, 6) is -1.62. The van der Waals surface area contributed by atoms with Gasteiger partial charge in [0, 0.05) is 6.07 Å². The van der Waals surface area contributed by atoms with Crippen molar-refractivity contribution in [3.05, 3.63) is 47.6 Å². The second-order valence-electron chi connectivity index (χ2n) is 3.23. The molecule has 0 atom stereocenters. The van der Waals surface area contributed by atoms with Crippen molar-refractivity contribution in [2.24, 2.45) is 0 Å². The van der Waals surface area contributed by atoms with Crippen molar-refractivity contribution >= 4 is 5.97 Å². The highest BCUT2D eigenvalue weighted by atomic mass is 19.1. The molecule has 0 bridgehead atoms. The Morgan fingerprint density at radius 3 is 3.06 bits per heavy atom. The Labute approximate surface area is 95.4 Å². The van der Waals surface area contributed by atoms with E-state index in [0.29, 0.717) is 11.3 Å². The molecule has 5 nitrogen and oxygen atoms in total. The maximum absolute atomic E-state index is 12.8. The topological polar surface area (TPSA) is 72.6 Å². The Morgan fingerprint density at radius 1 is 1.53 bits per heavy atom. The number of halogens is 1. The molecule has 1 aromatic heterocycles. The molecule has 0 aliphatic heterocycles. The van der Waals surface area contributed by atoms with E-state index in [1.807, 2.05) is 0 Å². The maximum atomic E-state index is 12.8. The van der Waals surface area contributed by atoms with Gasteiger partial charge in [-0.2, -0.15) is 0 Å². The first kappa shape index (κ1) is 11.1. The number of carbonyl (C=O) groups is 1. The third-order valence-electron chi connectivity index (χ3n) is 2.03. The van der Waals surface area contributed by atoms with Crippen molar-refractivity contribution in [3.8, 4) is 5.75 Å². The van der Waals surface area contributed by atoms with Gasteiger partial charge in [-0.3, -0.25) is 0 Å². The molecule has 0 aliphatic carbocycles. The minimum absolute atomic E-state index is 0.0470. The normalized spacial score (nSPS) is 10.2. The van der Waals surface area contributed by atoms with Crippen molar-refractivity contribution in [2.75, 3.05) is 0 Å². The lowest BCUT2D eigenvalue weighted by atomic mass is 10.3. The van der Waals surface area contributed by atoms with Gasteiger partial charge in [0.1, 0.15) is 18.2 Å². The summed E-state index contributed by atoms with van der Waals surface area (Å²) < 4.78 is 22.6. The SMILES string of the molecule is O=C(O)c1oncc1COc1cccc(F)c1. The molecule has 0 fully saturated rings. The van der Waals surface area contributed by atoms with Crippen molar-refractivity contribution in [2.45, 2.75) is 6.61 Å². The molecule has 0 spiro atoms. The van der Waals surface area contributed by atoms with Crippen LogP contribution in [0.15, 0.2) is 35.0 Å². The average molecular weight is 237 g/mol. The number of hydrogen-bond acceptors (Lipinski definition) is 4. The molecule has 0 amide bonds. The number of carboxylic acid groups (broad SMARTS) is 1. The van der Waals surface area contributed by atoms with Gasteiger partial charge in [0.25, 0.3) is 5.76 Å². The lowest BCUT2D eigenvalue weighted by Gasteiger charge is -2.04. The molecular weight excluding hydrogens is 229 g/mol. The van der Waals surface area contributed by atoms with E-state index in [-0.39, 0.29) is 12.4 Å². The fraction of sp³-hybridized carbons (Fsp3) is 0.0909. The summed E-state index contributed by atoms with van der Waals surface area (Å²) in [6.45, 7) is -0.0470. The zero-order valence-electron chi connectivity index (χ0n) is 8.59. The number of benzene rings is 1. The Hall–Kier alpha value is -2.37. The molecular formula is C11H8FNO4. The van der Waals surface area contributed by atoms with Crippen molar-refractivity contribution in [1.29, 1.82) is 0 Å². The molecule has 2 rings (SSSR count). The highest BCUT2D eigenvalue weighted by molar-refractivity contribution is 5.85. The van der Waals surface area contributed by atoms with Crippen LogP contribution in [0.5, 0.6) is 5.75 Å². The Morgan fingerprint density at radius 2 is 2.35 bits per heavy atom. The fourth-order valence-corrected chi connectivity index (χ4v) is 1.26. The summed E-state index contributed by atoms with van der Waals surface area (Å²) in [6.07, 6.45) is 1.25. The van der Waals surface area contributed by atoms with Crippen molar-refractivity contribution in [1.82, 2.24) is 5.16 Å². The van der Waals surface area contributed by atoms with Crippen LogP contribution in [-0.2, 0) is 6.61 Å². The van der Waals surface area contributed by atoms with Gasteiger partial charge in [-0.25, -0.2) is 9.18 Å². The molecule has 88 valence electrons. The van der Waals surface area contributed by atoms with Gasteiger partial charge in [-0.15, -0.1) is 0 Å². The number of hydrogen-bond donors (Lipinski definition) is 1. The fourth-order valence-electron chi connectivity index (χ4n) is 1.26. The molecule has 0 radical (unpaired) electrons. The predicted octanol–water partition coefficient (Wildman–Crippen LogP) is 2.09. The Kier molecular flexibility index (Phi) is 3.04. The molecule has 0 aliphatic rings. The summed E-state index contributed by atoms with van der Waals surface area (Å²) in [4.78, 5) is 10.7. The number of ether oxygens (including phenoxy) is 1. The number of nitrogens with zero attached hydrogens (tertiary/aromatic N) is 1. The van der Waals surface area contributed by atoms with Crippen LogP contribution < -0.4 is 4.74 Å². The Bertz CT molecular complexity index is 538. The predicted molar refractivity (Wildman–Crippen MR) is 54.2 cm³/mol.